The standard InChI is InChI=1S/C12H15N3O5S/c1-8-10(7-9(20-8)12(16)17)21(18,19)15-4-2-3-11-13-5-6-14-11/h5-7,15H,2-4H2,1H3,(H,13,14)(H,16,17). The van der Waals surface area contributed by atoms with Crippen molar-refractivity contribution in [1.82, 2.24) is 14.7 Å². The maximum Gasteiger partial charge on any atom is 0.371 e. The number of carboxylic acid groups (broad SMARTS) is 1. The number of aromatic nitrogens is 2. The molecule has 0 radical (unpaired) electrons. The second-order valence-corrected chi connectivity index (χ2v) is 6.11. The summed E-state index contributed by atoms with van der Waals surface area (Å²) in [5.74, 6) is -0.881. The van der Waals surface area contributed by atoms with Gasteiger partial charge in [-0.3, -0.25) is 0 Å². The number of hydrogen-bond acceptors (Lipinski definition) is 5. The van der Waals surface area contributed by atoms with Gasteiger partial charge in [0.2, 0.25) is 15.8 Å². The lowest BCUT2D eigenvalue weighted by Crippen LogP contribution is -2.25. The van der Waals surface area contributed by atoms with Gasteiger partial charge in [0.15, 0.2) is 0 Å². The van der Waals surface area contributed by atoms with Crippen molar-refractivity contribution in [2.45, 2.75) is 24.7 Å². The predicted molar refractivity (Wildman–Crippen MR) is 72.5 cm³/mol. The highest BCUT2D eigenvalue weighted by molar-refractivity contribution is 7.89. The van der Waals surface area contributed by atoms with Crippen LogP contribution in [0.15, 0.2) is 27.8 Å². The largest absolute Gasteiger partial charge is 0.475 e. The molecule has 0 atom stereocenters. The maximum absolute atomic E-state index is 12.1. The first kappa shape index (κ1) is 15.3. The molecule has 2 aromatic heterocycles. The van der Waals surface area contributed by atoms with E-state index >= 15 is 0 Å². The molecule has 0 bridgehead atoms. The van der Waals surface area contributed by atoms with E-state index in [2.05, 4.69) is 14.7 Å². The first-order chi connectivity index (χ1) is 9.90. The monoisotopic (exact) mass is 313 g/mol. The summed E-state index contributed by atoms with van der Waals surface area (Å²) >= 11 is 0. The third-order valence-corrected chi connectivity index (χ3v) is 4.38. The van der Waals surface area contributed by atoms with E-state index < -0.39 is 21.8 Å². The molecule has 0 saturated carbocycles. The number of aromatic carboxylic acids is 1. The van der Waals surface area contributed by atoms with Crippen molar-refractivity contribution in [3.8, 4) is 0 Å². The zero-order valence-corrected chi connectivity index (χ0v) is 12.1. The van der Waals surface area contributed by atoms with Gasteiger partial charge in [0.1, 0.15) is 16.5 Å². The van der Waals surface area contributed by atoms with Crippen LogP contribution in [0.4, 0.5) is 0 Å². The Kier molecular flexibility index (Phi) is 4.43. The number of aromatic amines is 1. The lowest BCUT2D eigenvalue weighted by Gasteiger charge is -2.04. The van der Waals surface area contributed by atoms with Gasteiger partial charge in [-0.25, -0.2) is 22.9 Å². The summed E-state index contributed by atoms with van der Waals surface area (Å²) in [4.78, 5) is 17.6. The molecule has 114 valence electrons. The number of hydrogen-bond donors (Lipinski definition) is 3. The van der Waals surface area contributed by atoms with E-state index in [0.717, 1.165) is 11.9 Å². The first-order valence-electron chi connectivity index (χ1n) is 6.22. The molecule has 21 heavy (non-hydrogen) atoms. The number of carbonyl (C=O) groups is 1. The van der Waals surface area contributed by atoms with Gasteiger partial charge in [-0.05, 0) is 13.3 Å². The van der Waals surface area contributed by atoms with Gasteiger partial charge in [0.25, 0.3) is 0 Å². The van der Waals surface area contributed by atoms with Crippen LogP contribution in [0.5, 0.6) is 0 Å². The number of nitrogens with one attached hydrogen (secondary N) is 2. The molecule has 0 saturated heterocycles. The van der Waals surface area contributed by atoms with Crippen molar-refractivity contribution in [2.24, 2.45) is 0 Å². The lowest BCUT2D eigenvalue weighted by molar-refractivity contribution is 0.0661. The Labute approximate surface area is 121 Å². The van der Waals surface area contributed by atoms with Crippen LogP contribution in [0.25, 0.3) is 0 Å². The average Bonchev–Trinajstić information content (AvgIpc) is 3.04. The van der Waals surface area contributed by atoms with Crippen molar-refractivity contribution in [1.29, 1.82) is 0 Å². The molecule has 0 fully saturated rings. The van der Waals surface area contributed by atoms with E-state index in [9.17, 15) is 13.2 Å². The number of nitrogens with zero attached hydrogens (tertiary/aromatic N) is 1. The molecule has 2 heterocycles. The van der Waals surface area contributed by atoms with E-state index in [4.69, 9.17) is 9.52 Å². The SMILES string of the molecule is Cc1oc(C(=O)O)cc1S(=O)(=O)NCCCc1ncc[nH]1. The van der Waals surface area contributed by atoms with Crippen LogP contribution in [0.2, 0.25) is 0 Å². The highest BCUT2D eigenvalue weighted by atomic mass is 32.2. The Hall–Kier alpha value is -2.13. The molecule has 2 rings (SSSR count). The summed E-state index contributed by atoms with van der Waals surface area (Å²) in [6, 6.07) is 1.01. The van der Waals surface area contributed by atoms with Gasteiger partial charge >= 0.3 is 5.97 Å². The Morgan fingerprint density at radius 2 is 2.29 bits per heavy atom. The van der Waals surface area contributed by atoms with Crippen molar-refractivity contribution in [3.05, 3.63) is 35.8 Å². The lowest BCUT2D eigenvalue weighted by atomic mass is 10.3. The van der Waals surface area contributed by atoms with Crippen LogP contribution in [0.1, 0.15) is 28.6 Å². The molecule has 9 heteroatoms. The predicted octanol–water partition coefficient (Wildman–Crippen LogP) is 0.920. The molecular formula is C12H15N3O5S. The number of H-pyrrole nitrogens is 1. The molecule has 0 aromatic carbocycles. The number of imidazole rings is 1. The third kappa shape index (κ3) is 3.70. The number of furan rings is 1. The summed E-state index contributed by atoms with van der Waals surface area (Å²) in [7, 11) is -3.78. The van der Waals surface area contributed by atoms with Gasteiger partial charge in [-0.2, -0.15) is 0 Å². The third-order valence-electron chi connectivity index (χ3n) is 2.81. The van der Waals surface area contributed by atoms with Gasteiger partial charge in [0.05, 0.1) is 0 Å². The fourth-order valence-corrected chi connectivity index (χ4v) is 3.06. The Morgan fingerprint density at radius 3 is 2.86 bits per heavy atom. The van der Waals surface area contributed by atoms with Crippen LogP contribution < -0.4 is 4.72 Å². The fraction of sp³-hybridized carbons (Fsp3) is 0.333. The van der Waals surface area contributed by atoms with E-state index in [-0.39, 0.29) is 17.2 Å². The summed E-state index contributed by atoms with van der Waals surface area (Å²) in [6.07, 6.45) is 4.50. The molecule has 8 nitrogen and oxygen atoms in total. The molecule has 0 aliphatic heterocycles. The minimum absolute atomic E-state index is 0.0472. The quantitative estimate of drug-likeness (QED) is 0.653. The summed E-state index contributed by atoms with van der Waals surface area (Å²) in [5, 5.41) is 8.79. The van der Waals surface area contributed by atoms with Crippen LogP contribution in [-0.2, 0) is 16.4 Å². The van der Waals surface area contributed by atoms with Crippen LogP contribution in [0.3, 0.4) is 0 Å². The van der Waals surface area contributed by atoms with Crippen molar-refractivity contribution < 1.29 is 22.7 Å². The number of sulfonamides is 1. The van der Waals surface area contributed by atoms with Crippen molar-refractivity contribution in [2.75, 3.05) is 6.54 Å². The van der Waals surface area contributed by atoms with E-state index in [0.29, 0.717) is 12.8 Å². The second-order valence-electron chi connectivity index (χ2n) is 4.37. The molecule has 2 aromatic rings. The van der Waals surface area contributed by atoms with E-state index in [1.165, 1.54) is 6.92 Å². The van der Waals surface area contributed by atoms with Crippen molar-refractivity contribution >= 4 is 16.0 Å². The van der Waals surface area contributed by atoms with Gasteiger partial charge in [-0.1, -0.05) is 0 Å². The summed E-state index contributed by atoms with van der Waals surface area (Å²) < 4.78 is 31.4. The molecular weight excluding hydrogens is 298 g/mol. The minimum atomic E-state index is -3.78. The summed E-state index contributed by atoms with van der Waals surface area (Å²) in [5.41, 5.74) is 0. The van der Waals surface area contributed by atoms with E-state index in [1.807, 2.05) is 0 Å². The maximum atomic E-state index is 12.1. The smallest absolute Gasteiger partial charge is 0.371 e. The first-order valence-corrected chi connectivity index (χ1v) is 7.70. The second kappa shape index (κ2) is 6.10. The number of carboxylic acids is 1. The zero-order chi connectivity index (χ0) is 15.5. The number of aryl methyl sites for hydroxylation is 2. The highest BCUT2D eigenvalue weighted by Gasteiger charge is 2.23. The Morgan fingerprint density at radius 1 is 1.52 bits per heavy atom. The molecule has 3 N–H and O–H groups in total. The fourth-order valence-electron chi connectivity index (χ4n) is 1.81. The van der Waals surface area contributed by atoms with Crippen LogP contribution >= 0.6 is 0 Å². The average molecular weight is 313 g/mol. The van der Waals surface area contributed by atoms with Crippen LogP contribution in [0, 0.1) is 6.92 Å². The zero-order valence-electron chi connectivity index (χ0n) is 11.3. The highest BCUT2D eigenvalue weighted by Crippen LogP contribution is 2.19. The molecule has 0 aliphatic rings. The van der Waals surface area contributed by atoms with E-state index in [1.54, 1.807) is 12.4 Å². The van der Waals surface area contributed by atoms with Gasteiger partial charge in [0, 0.05) is 31.4 Å². The Balaban J connectivity index is 1.96. The molecule has 0 amide bonds. The summed E-state index contributed by atoms with van der Waals surface area (Å²) in [6.45, 7) is 1.62. The van der Waals surface area contributed by atoms with Crippen molar-refractivity contribution in [3.63, 3.8) is 0 Å². The minimum Gasteiger partial charge on any atom is -0.475 e. The van der Waals surface area contributed by atoms with Gasteiger partial charge in [-0.15, -0.1) is 0 Å². The Bertz CT molecular complexity index is 718. The van der Waals surface area contributed by atoms with Gasteiger partial charge < -0.3 is 14.5 Å². The molecule has 0 spiro atoms. The molecule has 0 aliphatic carbocycles. The number of rotatable bonds is 7. The van der Waals surface area contributed by atoms with Crippen LogP contribution in [-0.4, -0.2) is 36.0 Å². The molecule has 0 unspecified atom stereocenters. The normalized spacial score (nSPS) is 11.7. The topological polar surface area (TPSA) is 125 Å².